The summed E-state index contributed by atoms with van der Waals surface area (Å²) in [5.74, 6) is 0.577. The summed E-state index contributed by atoms with van der Waals surface area (Å²) in [7, 11) is 0. The summed E-state index contributed by atoms with van der Waals surface area (Å²) < 4.78 is 5.43. The molecule has 0 amide bonds. The van der Waals surface area contributed by atoms with Crippen molar-refractivity contribution < 1.29 is 9.53 Å². The summed E-state index contributed by atoms with van der Waals surface area (Å²) in [6, 6.07) is -0.576. The van der Waals surface area contributed by atoms with Crippen molar-refractivity contribution in [2.24, 2.45) is 11.7 Å². The van der Waals surface area contributed by atoms with Crippen LogP contribution in [0.15, 0.2) is 0 Å². The second-order valence-corrected chi connectivity index (χ2v) is 4.58. The van der Waals surface area contributed by atoms with E-state index in [0.717, 1.165) is 19.3 Å². The number of esters is 1. The normalized spacial score (nSPS) is 28.5. The lowest BCUT2D eigenvalue weighted by Gasteiger charge is -2.31. The van der Waals surface area contributed by atoms with Crippen molar-refractivity contribution in [3.63, 3.8) is 0 Å². The van der Waals surface area contributed by atoms with E-state index in [9.17, 15) is 4.79 Å². The van der Waals surface area contributed by atoms with Gasteiger partial charge in [-0.05, 0) is 31.6 Å². The van der Waals surface area contributed by atoms with Gasteiger partial charge in [-0.2, -0.15) is 12.6 Å². The van der Waals surface area contributed by atoms with Crippen molar-refractivity contribution >= 4 is 18.6 Å². The lowest BCUT2D eigenvalue weighted by Crippen LogP contribution is -2.39. The summed E-state index contributed by atoms with van der Waals surface area (Å²) in [5.41, 5.74) is 5.57. The second kappa shape index (κ2) is 6.38. The van der Waals surface area contributed by atoms with Gasteiger partial charge in [0.1, 0.15) is 12.1 Å². The summed E-state index contributed by atoms with van der Waals surface area (Å²) in [5, 5.41) is 0. The first kappa shape index (κ1) is 12.8. The molecule has 0 saturated heterocycles. The minimum absolute atomic E-state index is 0.0854. The fourth-order valence-corrected chi connectivity index (χ4v) is 2.26. The molecule has 3 nitrogen and oxygen atoms in total. The third kappa shape index (κ3) is 3.68. The third-order valence-electron chi connectivity index (χ3n) is 3.13. The molecule has 0 spiro atoms. The molecule has 3 atom stereocenters. The van der Waals surface area contributed by atoms with Crippen LogP contribution < -0.4 is 5.73 Å². The van der Waals surface area contributed by atoms with Crippen LogP contribution in [-0.2, 0) is 9.53 Å². The monoisotopic (exact) mass is 231 g/mol. The Morgan fingerprint density at radius 3 is 2.80 bits per heavy atom. The van der Waals surface area contributed by atoms with Gasteiger partial charge >= 0.3 is 5.97 Å². The molecule has 1 aliphatic rings. The van der Waals surface area contributed by atoms with Gasteiger partial charge in [-0.25, -0.2) is 0 Å². The van der Waals surface area contributed by atoms with Crippen molar-refractivity contribution in [1.29, 1.82) is 0 Å². The number of carbonyl (C=O) groups excluding carboxylic acids is 1. The van der Waals surface area contributed by atoms with Crippen LogP contribution in [0.3, 0.4) is 0 Å². The number of thiol groups is 1. The zero-order valence-electron chi connectivity index (χ0n) is 9.32. The van der Waals surface area contributed by atoms with Crippen LogP contribution in [-0.4, -0.2) is 23.9 Å². The maximum atomic E-state index is 11.5. The Hall–Kier alpha value is -0.220. The van der Waals surface area contributed by atoms with Gasteiger partial charge in [-0.3, -0.25) is 4.79 Å². The molecule has 1 fully saturated rings. The van der Waals surface area contributed by atoms with Crippen LogP contribution in [0, 0.1) is 5.92 Å². The fourth-order valence-electron chi connectivity index (χ4n) is 2.11. The van der Waals surface area contributed by atoms with Crippen molar-refractivity contribution in [2.45, 2.75) is 51.2 Å². The Morgan fingerprint density at radius 2 is 2.20 bits per heavy atom. The van der Waals surface area contributed by atoms with Gasteiger partial charge in [0.25, 0.3) is 0 Å². The Bertz CT molecular complexity index is 211. The number of rotatable bonds is 4. The van der Waals surface area contributed by atoms with Gasteiger partial charge in [0.15, 0.2) is 0 Å². The van der Waals surface area contributed by atoms with E-state index in [0.29, 0.717) is 11.7 Å². The van der Waals surface area contributed by atoms with Crippen molar-refractivity contribution in [2.75, 3.05) is 5.75 Å². The largest absolute Gasteiger partial charge is 0.461 e. The summed E-state index contributed by atoms with van der Waals surface area (Å²) in [6.45, 7) is 2.15. The minimum Gasteiger partial charge on any atom is -0.461 e. The highest BCUT2D eigenvalue weighted by Gasteiger charge is 2.28. The fraction of sp³-hybridized carbons (Fsp3) is 0.909. The second-order valence-electron chi connectivity index (χ2n) is 4.22. The van der Waals surface area contributed by atoms with Crippen LogP contribution in [0.4, 0.5) is 0 Å². The molecule has 2 unspecified atom stereocenters. The standard InChI is InChI=1S/C11H21NO2S/c1-2-8-5-3-4-6-10(8)14-11(13)9(12)7-15/h8-10,15H,2-7,12H2,1H3/t8?,9-,10?/m1/s1. The van der Waals surface area contributed by atoms with Crippen LogP contribution in [0.5, 0.6) is 0 Å². The summed E-state index contributed by atoms with van der Waals surface area (Å²) in [6.07, 6.45) is 5.74. The van der Waals surface area contributed by atoms with E-state index in [1.54, 1.807) is 0 Å². The van der Waals surface area contributed by atoms with Crippen LogP contribution in [0.1, 0.15) is 39.0 Å². The zero-order valence-corrected chi connectivity index (χ0v) is 10.2. The maximum Gasteiger partial charge on any atom is 0.324 e. The highest BCUT2D eigenvalue weighted by molar-refractivity contribution is 7.80. The van der Waals surface area contributed by atoms with Gasteiger partial charge in [-0.1, -0.05) is 13.3 Å². The van der Waals surface area contributed by atoms with E-state index in [-0.39, 0.29) is 12.1 Å². The van der Waals surface area contributed by atoms with E-state index in [2.05, 4.69) is 19.6 Å². The Balaban J connectivity index is 2.44. The molecule has 1 saturated carbocycles. The molecule has 0 aliphatic heterocycles. The van der Waals surface area contributed by atoms with E-state index < -0.39 is 6.04 Å². The zero-order chi connectivity index (χ0) is 11.3. The minimum atomic E-state index is -0.576. The summed E-state index contributed by atoms with van der Waals surface area (Å²) in [4.78, 5) is 11.5. The molecule has 0 heterocycles. The molecule has 0 radical (unpaired) electrons. The average Bonchev–Trinajstić information content (AvgIpc) is 2.28. The van der Waals surface area contributed by atoms with Gasteiger partial charge in [0.2, 0.25) is 0 Å². The average molecular weight is 231 g/mol. The molecule has 2 N–H and O–H groups in total. The van der Waals surface area contributed by atoms with E-state index in [1.165, 1.54) is 12.8 Å². The molecular weight excluding hydrogens is 210 g/mol. The van der Waals surface area contributed by atoms with Crippen LogP contribution in [0.25, 0.3) is 0 Å². The van der Waals surface area contributed by atoms with Gasteiger partial charge < -0.3 is 10.5 Å². The lowest BCUT2D eigenvalue weighted by atomic mass is 9.85. The predicted octanol–water partition coefficient (Wildman–Crippen LogP) is 1.76. The topological polar surface area (TPSA) is 52.3 Å². The molecule has 0 aromatic carbocycles. The Morgan fingerprint density at radius 1 is 1.53 bits per heavy atom. The van der Waals surface area contributed by atoms with Crippen LogP contribution >= 0.6 is 12.6 Å². The first-order valence-corrected chi connectivity index (χ1v) is 6.39. The quantitative estimate of drug-likeness (QED) is 0.572. The SMILES string of the molecule is CCC1CCCCC1OC(=O)[C@H](N)CS. The van der Waals surface area contributed by atoms with E-state index in [1.807, 2.05) is 0 Å². The van der Waals surface area contributed by atoms with Crippen molar-refractivity contribution in [1.82, 2.24) is 0 Å². The highest BCUT2D eigenvalue weighted by atomic mass is 32.1. The maximum absolute atomic E-state index is 11.5. The van der Waals surface area contributed by atoms with Crippen LogP contribution in [0.2, 0.25) is 0 Å². The molecule has 88 valence electrons. The van der Waals surface area contributed by atoms with Crippen molar-refractivity contribution in [3.8, 4) is 0 Å². The van der Waals surface area contributed by atoms with Gasteiger partial charge in [0, 0.05) is 5.75 Å². The molecule has 1 aliphatic carbocycles. The van der Waals surface area contributed by atoms with E-state index >= 15 is 0 Å². The molecular formula is C11H21NO2S. The molecule has 4 heteroatoms. The van der Waals surface area contributed by atoms with E-state index in [4.69, 9.17) is 10.5 Å². The number of hydrogen-bond donors (Lipinski definition) is 2. The molecule has 0 bridgehead atoms. The molecule has 0 aromatic heterocycles. The number of ether oxygens (including phenoxy) is 1. The smallest absolute Gasteiger partial charge is 0.324 e. The lowest BCUT2D eigenvalue weighted by molar-refractivity contribution is -0.154. The molecule has 0 aromatic rings. The van der Waals surface area contributed by atoms with Gasteiger partial charge in [0.05, 0.1) is 0 Å². The first-order valence-electron chi connectivity index (χ1n) is 5.76. The Kier molecular flexibility index (Phi) is 5.47. The molecule has 15 heavy (non-hydrogen) atoms. The summed E-state index contributed by atoms with van der Waals surface area (Å²) >= 11 is 3.99. The number of nitrogens with two attached hydrogens (primary N) is 1. The molecule has 1 rings (SSSR count). The first-order chi connectivity index (χ1) is 7.19. The predicted molar refractivity (Wildman–Crippen MR) is 64.0 cm³/mol. The number of carbonyl (C=O) groups is 1. The Labute approximate surface area is 97.2 Å². The third-order valence-corrected chi connectivity index (χ3v) is 3.52. The number of hydrogen-bond acceptors (Lipinski definition) is 4. The van der Waals surface area contributed by atoms with Crippen molar-refractivity contribution in [3.05, 3.63) is 0 Å². The highest BCUT2D eigenvalue weighted by Crippen LogP contribution is 2.29. The van der Waals surface area contributed by atoms with Gasteiger partial charge in [-0.15, -0.1) is 0 Å².